The summed E-state index contributed by atoms with van der Waals surface area (Å²) in [5.74, 6) is 0.371. The van der Waals surface area contributed by atoms with E-state index >= 15 is 0 Å². The minimum absolute atomic E-state index is 0.0608. The van der Waals surface area contributed by atoms with Crippen molar-refractivity contribution in [1.29, 1.82) is 0 Å². The van der Waals surface area contributed by atoms with Gasteiger partial charge in [0.1, 0.15) is 18.2 Å². The molecule has 1 aromatic heterocycles. The van der Waals surface area contributed by atoms with Crippen molar-refractivity contribution in [2.45, 2.75) is 57.9 Å². The van der Waals surface area contributed by atoms with E-state index in [9.17, 15) is 18.0 Å². The van der Waals surface area contributed by atoms with Crippen molar-refractivity contribution in [3.63, 3.8) is 0 Å². The number of nitrogens with zero attached hydrogens (tertiary/aromatic N) is 3. The molecule has 4 rings (SSSR count). The van der Waals surface area contributed by atoms with E-state index in [0.717, 1.165) is 24.0 Å². The number of carbonyl (C=O) groups is 1. The molecule has 0 saturated heterocycles. The largest absolute Gasteiger partial charge is 0.573 e. The molecule has 1 aliphatic carbocycles. The van der Waals surface area contributed by atoms with Crippen LogP contribution in [0.15, 0.2) is 54.9 Å². The van der Waals surface area contributed by atoms with Crippen LogP contribution in [0.2, 0.25) is 0 Å². The van der Waals surface area contributed by atoms with E-state index in [1.54, 1.807) is 0 Å². The highest BCUT2D eigenvalue weighted by molar-refractivity contribution is 5.73. The third-order valence-corrected chi connectivity index (χ3v) is 6.02. The highest BCUT2D eigenvalue weighted by Gasteiger charge is 2.31. The molecule has 1 fully saturated rings. The molecular formula is C25H26F3N3O3. The third kappa shape index (κ3) is 6.36. The molecule has 9 heteroatoms. The van der Waals surface area contributed by atoms with Gasteiger partial charge in [-0.05, 0) is 55.5 Å². The summed E-state index contributed by atoms with van der Waals surface area (Å²) in [5.41, 5.74) is 2.13. The van der Waals surface area contributed by atoms with Gasteiger partial charge < -0.3 is 9.47 Å². The van der Waals surface area contributed by atoms with Crippen LogP contribution >= 0.6 is 0 Å². The molecule has 1 saturated carbocycles. The van der Waals surface area contributed by atoms with Crippen LogP contribution in [-0.2, 0) is 16.0 Å². The maximum Gasteiger partial charge on any atom is 0.573 e. The van der Waals surface area contributed by atoms with E-state index in [1.165, 1.54) is 54.5 Å². The number of hydrogen-bond donors (Lipinski definition) is 0. The van der Waals surface area contributed by atoms with Gasteiger partial charge in [-0.25, -0.2) is 9.67 Å². The Balaban J connectivity index is 1.34. The van der Waals surface area contributed by atoms with Gasteiger partial charge in [-0.15, -0.1) is 18.3 Å². The van der Waals surface area contributed by atoms with Crippen LogP contribution < -0.4 is 4.74 Å². The molecule has 1 unspecified atom stereocenters. The molecule has 3 aromatic rings. The van der Waals surface area contributed by atoms with E-state index in [-0.39, 0.29) is 24.2 Å². The Morgan fingerprint density at radius 2 is 1.74 bits per heavy atom. The first kappa shape index (κ1) is 23.8. The zero-order chi connectivity index (χ0) is 24.1. The van der Waals surface area contributed by atoms with Crippen molar-refractivity contribution in [3.8, 4) is 22.8 Å². The molecule has 2 aromatic carbocycles. The van der Waals surface area contributed by atoms with Crippen LogP contribution in [-0.4, -0.2) is 33.2 Å². The van der Waals surface area contributed by atoms with Crippen molar-refractivity contribution in [2.75, 3.05) is 0 Å². The standard InChI is InChI=1S/C25H26F3N3O3/c1-17(19-5-3-2-4-6-19)33-23(32)15-18-7-9-20(10-8-18)24-29-16-31(30-24)21-11-13-22(14-12-21)34-25(26,27)28/h7-14,16-17,19H,2-6,15H2,1H3. The second kappa shape index (κ2) is 10.3. The number of carbonyl (C=O) groups excluding carboxylic acids is 1. The van der Waals surface area contributed by atoms with Crippen molar-refractivity contribution in [1.82, 2.24) is 14.8 Å². The van der Waals surface area contributed by atoms with Crippen LogP contribution in [0.5, 0.6) is 5.75 Å². The fourth-order valence-corrected chi connectivity index (χ4v) is 4.21. The minimum Gasteiger partial charge on any atom is -0.462 e. The summed E-state index contributed by atoms with van der Waals surface area (Å²) in [6.07, 6.45) is 2.79. The van der Waals surface area contributed by atoms with Gasteiger partial charge in [0.05, 0.1) is 12.1 Å². The fraction of sp³-hybridized carbons (Fsp3) is 0.400. The van der Waals surface area contributed by atoms with Crippen molar-refractivity contribution >= 4 is 5.97 Å². The topological polar surface area (TPSA) is 66.2 Å². The van der Waals surface area contributed by atoms with Crippen LogP contribution in [0.4, 0.5) is 13.2 Å². The average Bonchev–Trinajstić information content (AvgIpc) is 3.30. The summed E-state index contributed by atoms with van der Waals surface area (Å²) < 4.78 is 47.9. The lowest BCUT2D eigenvalue weighted by Gasteiger charge is -2.27. The first-order valence-corrected chi connectivity index (χ1v) is 11.3. The summed E-state index contributed by atoms with van der Waals surface area (Å²) in [5, 5.41) is 4.39. The number of esters is 1. The minimum atomic E-state index is -4.74. The molecule has 0 amide bonds. The quantitative estimate of drug-likeness (QED) is 0.401. The summed E-state index contributed by atoms with van der Waals surface area (Å²) >= 11 is 0. The molecule has 1 heterocycles. The lowest BCUT2D eigenvalue weighted by molar-refractivity contribution is -0.274. The highest BCUT2D eigenvalue weighted by Crippen LogP contribution is 2.28. The molecule has 6 nitrogen and oxygen atoms in total. The van der Waals surface area contributed by atoms with Crippen LogP contribution in [0.3, 0.4) is 0 Å². The number of hydrogen-bond acceptors (Lipinski definition) is 5. The number of rotatable bonds is 7. The predicted molar refractivity (Wildman–Crippen MR) is 119 cm³/mol. The smallest absolute Gasteiger partial charge is 0.462 e. The number of ether oxygens (including phenoxy) is 2. The van der Waals surface area contributed by atoms with E-state index in [1.807, 2.05) is 31.2 Å². The van der Waals surface area contributed by atoms with Crippen LogP contribution in [0.1, 0.15) is 44.6 Å². The molecule has 0 spiro atoms. The fourth-order valence-electron chi connectivity index (χ4n) is 4.21. The zero-order valence-electron chi connectivity index (χ0n) is 18.8. The Labute approximate surface area is 195 Å². The predicted octanol–water partition coefficient (Wildman–Crippen LogP) is 5.89. The Morgan fingerprint density at radius 1 is 1.06 bits per heavy atom. The highest BCUT2D eigenvalue weighted by atomic mass is 19.4. The van der Waals surface area contributed by atoms with E-state index in [2.05, 4.69) is 14.8 Å². The second-order valence-electron chi connectivity index (χ2n) is 8.52. The van der Waals surface area contributed by atoms with Gasteiger partial charge in [0, 0.05) is 5.56 Å². The molecular weight excluding hydrogens is 447 g/mol. The summed E-state index contributed by atoms with van der Waals surface area (Å²) in [4.78, 5) is 16.6. The van der Waals surface area contributed by atoms with Gasteiger partial charge in [0.25, 0.3) is 0 Å². The number of aromatic nitrogens is 3. The zero-order valence-corrected chi connectivity index (χ0v) is 18.8. The lowest BCUT2D eigenvalue weighted by Crippen LogP contribution is -2.26. The van der Waals surface area contributed by atoms with Crippen molar-refractivity contribution in [2.24, 2.45) is 5.92 Å². The molecule has 0 N–H and O–H groups in total. The number of halogens is 3. The van der Waals surface area contributed by atoms with Crippen LogP contribution in [0.25, 0.3) is 17.1 Å². The normalized spacial score (nSPS) is 15.6. The first-order valence-electron chi connectivity index (χ1n) is 11.3. The number of benzene rings is 2. The summed E-state index contributed by atoms with van der Waals surface area (Å²) in [7, 11) is 0. The average molecular weight is 473 g/mol. The van der Waals surface area contributed by atoms with Crippen molar-refractivity contribution in [3.05, 3.63) is 60.4 Å². The SMILES string of the molecule is CC(OC(=O)Cc1ccc(-c2ncn(-c3ccc(OC(F)(F)F)cc3)n2)cc1)C1CCCCC1. The van der Waals surface area contributed by atoms with Crippen molar-refractivity contribution < 1.29 is 27.4 Å². The molecule has 0 radical (unpaired) electrons. The number of alkyl halides is 3. The molecule has 180 valence electrons. The Hall–Kier alpha value is -3.36. The summed E-state index contributed by atoms with van der Waals surface area (Å²) in [6, 6.07) is 12.7. The second-order valence-corrected chi connectivity index (χ2v) is 8.52. The van der Waals surface area contributed by atoms with Gasteiger partial charge in [-0.1, -0.05) is 43.5 Å². The lowest BCUT2D eigenvalue weighted by atomic mass is 9.86. The monoisotopic (exact) mass is 473 g/mol. The first-order chi connectivity index (χ1) is 16.3. The Kier molecular flexibility index (Phi) is 7.19. The molecule has 1 aliphatic rings. The van der Waals surface area contributed by atoms with Gasteiger partial charge in [-0.2, -0.15) is 0 Å². The van der Waals surface area contributed by atoms with Gasteiger partial charge in [-0.3, -0.25) is 4.79 Å². The van der Waals surface area contributed by atoms with Gasteiger partial charge in [0.15, 0.2) is 5.82 Å². The van der Waals surface area contributed by atoms with Gasteiger partial charge in [0.2, 0.25) is 0 Å². The Morgan fingerprint density at radius 3 is 2.38 bits per heavy atom. The maximum atomic E-state index is 12.4. The third-order valence-electron chi connectivity index (χ3n) is 6.02. The molecule has 0 aliphatic heterocycles. The van der Waals surface area contributed by atoms with Crippen LogP contribution in [0, 0.1) is 5.92 Å². The van der Waals surface area contributed by atoms with Gasteiger partial charge >= 0.3 is 12.3 Å². The Bertz CT molecular complexity index is 1090. The molecule has 0 bridgehead atoms. The van der Waals surface area contributed by atoms with E-state index < -0.39 is 6.36 Å². The van der Waals surface area contributed by atoms with E-state index in [0.29, 0.717) is 17.4 Å². The molecule has 34 heavy (non-hydrogen) atoms. The summed E-state index contributed by atoms with van der Waals surface area (Å²) in [6.45, 7) is 1.98. The van der Waals surface area contributed by atoms with E-state index in [4.69, 9.17) is 4.74 Å². The molecule has 1 atom stereocenters. The maximum absolute atomic E-state index is 12.4.